The Morgan fingerprint density at radius 1 is 1.06 bits per heavy atom. The van der Waals surface area contributed by atoms with Crippen molar-refractivity contribution in [3.63, 3.8) is 0 Å². The monoisotopic (exact) mass is 486 g/mol. The van der Waals surface area contributed by atoms with Gasteiger partial charge in [0.1, 0.15) is 10.6 Å². The molecule has 3 rings (SSSR count). The lowest BCUT2D eigenvalue weighted by atomic mass is 9.86. The maximum absolute atomic E-state index is 12.9. The molecule has 2 N–H and O–H groups in total. The fourth-order valence-electron chi connectivity index (χ4n) is 3.78. The number of hydrogen-bond donors (Lipinski definition) is 2. The third-order valence-electron chi connectivity index (χ3n) is 5.49. The second-order valence-electron chi connectivity index (χ2n) is 7.76. The molecule has 0 spiro atoms. The Morgan fingerprint density at radius 3 is 2.48 bits per heavy atom. The first-order valence-corrected chi connectivity index (χ1v) is 11.7. The first-order chi connectivity index (χ1) is 15.5. The van der Waals surface area contributed by atoms with E-state index in [0.717, 1.165) is 31.4 Å². The Morgan fingerprint density at radius 2 is 1.82 bits per heavy atom. The molecule has 2 aromatic carbocycles. The molecule has 11 heteroatoms. The molecule has 1 saturated carbocycles. The Hall–Kier alpha value is -2.79. The summed E-state index contributed by atoms with van der Waals surface area (Å²) >= 11 is 0. The van der Waals surface area contributed by atoms with Gasteiger partial charge in [0.2, 0.25) is 5.91 Å². The van der Waals surface area contributed by atoms with Gasteiger partial charge in [-0.15, -0.1) is 0 Å². The summed E-state index contributed by atoms with van der Waals surface area (Å²) in [7, 11) is -1.39. The van der Waals surface area contributed by atoms with Crippen molar-refractivity contribution in [2.75, 3.05) is 24.3 Å². The van der Waals surface area contributed by atoms with Gasteiger partial charge in [-0.2, -0.15) is 13.2 Å². The molecule has 0 aliphatic heterocycles. The predicted octanol–water partition coefficient (Wildman–Crippen LogP) is 4.66. The Balaban J connectivity index is 1.78. The summed E-state index contributed by atoms with van der Waals surface area (Å²) in [6.45, 7) is 0. The van der Waals surface area contributed by atoms with Gasteiger partial charge in [0.15, 0.2) is 0 Å². The Kier molecular flexibility index (Phi) is 7.53. The van der Waals surface area contributed by atoms with Gasteiger partial charge >= 0.3 is 6.18 Å². The molecule has 2 atom stereocenters. The van der Waals surface area contributed by atoms with Crippen LogP contribution in [0.2, 0.25) is 0 Å². The summed E-state index contributed by atoms with van der Waals surface area (Å²) in [5, 5.41) is 2.77. The first kappa shape index (κ1) is 24.8. The van der Waals surface area contributed by atoms with Crippen LogP contribution in [-0.4, -0.2) is 34.6 Å². The number of anilines is 2. The molecule has 0 bridgehead atoms. The number of nitrogens with one attached hydrogen (secondary N) is 2. The number of amides is 1. The topological polar surface area (TPSA) is 93.7 Å². The molecule has 7 nitrogen and oxygen atoms in total. The summed E-state index contributed by atoms with van der Waals surface area (Å²) in [4.78, 5) is 12.4. The summed E-state index contributed by atoms with van der Waals surface area (Å²) < 4.78 is 77.1. The maximum Gasteiger partial charge on any atom is 0.416 e. The molecule has 1 amide bonds. The van der Waals surface area contributed by atoms with E-state index >= 15 is 0 Å². The van der Waals surface area contributed by atoms with Gasteiger partial charge in [-0.25, -0.2) is 8.42 Å². The van der Waals surface area contributed by atoms with E-state index in [-0.39, 0.29) is 34.3 Å². The molecule has 0 radical (unpaired) electrons. The van der Waals surface area contributed by atoms with E-state index < -0.39 is 21.8 Å². The van der Waals surface area contributed by atoms with Gasteiger partial charge in [-0.3, -0.25) is 9.52 Å². The smallest absolute Gasteiger partial charge is 0.416 e. The van der Waals surface area contributed by atoms with E-state index in [1.165, 1.54) is 31.4 Å². The number of halogens is 3. The van der Waals surface area contributed by atoms with E-state index in [9.17, 15) is 26.4 Å². The van der Waals surface area contributed by atoms with E-state index in [4.69, 9.17) is 9.47 Å². The van der Waals surface area contributed by atoms with E-state index in [1.807, 2.05) is 0 Å². The summed E-state index contributed by atoms with van der Waals surface area (Å²) in [5.74, 6) is -0.483. The lowest BCUT2D eigenvalue weighted by Crippen LogP contribution is -2.31. The largest absolute Gasteiger partial charge is 0.495 e. The van der Waals surface area contributed by atoms with Crippen LogP contribution in [0.3, 0.4) is 0 Å². The van der Waals surface area contributed by atoms with E-state index in [0.29, 0.717) is 18.2 Å². The normalized spacial score (nSPS) is 19.1. The van der Waals surface area contributed by atoms with Crippen LogP contribution in [0.1, 0.15) is 31.2 Å². The Bertz CT molecular complexity index is 1110. The molecular formula is C22H25F3N2O5S. The lowest BCUT2D eigenvalue weighted by Gasteiger charge is -2.27. The van der Waals surface area contributed by atoms with Crippen molar-refractivity contribution in [2.24, 2.45) is 5.92 Å². The highest BCUT2D eigenvalue weighted by atomic mass is 32.2. The number of alkyl halides is 3. The average molecular weight is 487 g/mol. The number of ether oxygens (including phenoxy) is 2. The zero-order valence-corrected chi connectivity index (χ0v) is 18.9. The van der Waals surface area contributed by atoms with Gasteiger partial charge in [-0.1, -0.05) is 12.5 Å². The summed E-state index contributed by atoms with van der Waals surface area (Å²) in [6, 6.07) is 7.85. The Labute approximate surface area is 190 Å². The fourth-order valence-corrected chi connectivity index (χ4v) is 4.98. The minimum atomic E-state index is -4.61. The minimum absolute atomic E-state index is 0.0264. The molecule has 0 unspecified atom stereocenters. The van der Waals surface area contributed by atoms with Crippen LogP contribution in [0.25, 0.3) is 0 Å². The van der Waals surface area contributed by atoms with Crippen molar-refractivity contribution in [3.05, 3.63) is 48.0 Å². The number of rotatable bonds is 7. The van der Waals surface area contributed by atoms with Crippen LogP contribution in [0, 0.1) is 5.92 Å². The van der Waals surface area contributed by atoms with Crippen LogP contribution in [0.5, 0.6) is 5.75 Å². The molecule has 180 valence electrons. The van der Waals surface area contributed by atoms with Gasteiger partial charge < -0.3 is 14.8 Å². The first-order valence-electron chi connectivity index (χ1n) is 10.3. The number of methoxy groups -OCH3 is 2. The zero-order valence-electron chi connectivity index (χ0n) is 18.1. The van der Waals surface area contributed by atoms with Crippen LogP contribution < -0.4 is 14.8 Å². The van der Waals surface area contributed by atoms with Gasteiger partial charge in [-0.05, 0) is 49.6 Å². The molecule has 1 aliphatic carbocycles. The van der Waals surface area contributed by atoms with Crippen molar-refractivity contribution >= 4 is 27.3 Å². The minimum Gasteiger partial charge on any atom is -0.495 e. The zero-order chi connectivity index (χ0) is 24.2. The third-order valence-corrected chi connectivity index (χ3v) is 6.91. The molecule has 0 heterocycles. The molecule has 2 aromatic rings. The number of benzene rings is 2. The highest BCUT2D eigenvalue weighted by Crippen LogP contribution is 2.33. The SMILES string of the molecule is COc1cc(NC(=O)[C@@H]2CCC[C@@H](OC)C2)ccc1S(=O)(=O)Nc1cccc(C(F)(F)F)c1. The predicted molar refractivity (Wildman–Crippen MR) is 117 cm³/mol. The van der Waals surface area contributed by atoms with Crippen molar-refractivity contribution in [1.29, 1.82) is 0 Å². The van der Waals surface area contributed by atoms with Crippen LogP contribution >= 0.6 is 0 Å². The highest BCUT2D eigenvalue weighted by Gasteiger charge is 2.31. The standard InChI is InChI=1S/C22H25F3N2O5S/c1-31-18-8-3-5-14(11-18)21(28)26-16-9-10-20(19(13-16)32-2)33(29,30)27-17-7-4-6-15(12-17)22(23,24)25/h4,6-7,9-10,12-14,18,27H,3,5,8,11H2,1-2H3,(H,26,28)/t14-,18-/m1/s1. The second-order valence-corrected chi connectivity index (χ2v) is 9.41. The van der Waals surface area contributed by atoms with Crippen LogP contribution in [-0.2, 0) is 25.7 Å². The fraction of sp³-hybridized carbons (Fsp3) is 0.409. The quantitative estimate of drug-likeness (QED) is 0.594. The van der Waals surface area contributed by atoms with Crippen molar-refractivity contribution in [1.82, 2.24) is 0 Å². The van der Waals surface area contributed by atoms with Crippen molar-refractivity contribution in [3.8, 4) is 5.75 Å². The molecule has 0 aromatic heterocycles. The van der Waals surface area contributed by atoms with Crippen LogP contribution in [0.15, 0.2) is 47.4 Å². The van der Waals surface area contributed by atoms with Crippen LogP contribution in [0.4, 0.5) is 24.5 Å². The van der Waals surface area contributed by atoms with Gasteiger partial charge in [0, 0.05) is 30.5 Å². The highest BCUT2D eigenvalue weighted by molar-refractivity contribution is 7.92. The van der Waals surface area contributed by atoms with Crippen molar-refractivity contribution in [2.45, 2.75) is 42.9 Å². The molecule has 33 heavy (non-hydrogen) atoms. The summed E-state index contributed by atoms with van der Waals surface area (Å²) in [5.41, 5.74) is -0.880. The number of carbonyl (C=O) groups is 1. The second kappa shape index (κ2) is 10.0. The van der Waals surface area contributed by atoms with Gasteiger partial charge in [0.05, 0.1) is 18.8 Å². The summed E-state index contributed by atoms with van der Waals surface area (Å²) in [6.07, 6.45) is -1.47. The molecule has 1 aliphatic rings. The number of hydrogen-bond acceptors (Lipinski definition) is 5. The lowest BCUT2D eigenvalue weighted by molar-refractivity contribution is -0.137. The van der Waals surface area contributed by atoms with E-state index in [2.05, 4.69) is 10.0 Å². The number of carbonyl (C=O) groups excluding carboxylic acids is 1. The molecular weight excluding hydrogens is 461 g/mol. The molecule has 0 saturated heterocycles. The maximum atomic E-state index is 12.9. The molecule has 1 fully saturated rings. The third kappa shape index (κ3) is 6.17. The number of sulfonamides is 1. The van der Waals surface area contributed by atoms with Gasteiger partial charge in [0.25, 0.3) is 10.0 Å². The average Bonchev–Trinajstić information content (AvgIpc) is 2.78. The van der Waals surface area contributed by atoms with Crippen molar-refractivity contribution < 1.29 is 35.9 Å². The van der Waals surface area contributed by atoms with E-state index in [1.54, 1.807) is 7.11 Å².